The van der Waals surface area contributed by atoms with Gasteiger partial charge in [0, 0.05) is 12.8 Å². The first-order valence-electron chi connectivity index (χ1n) is 8.11. The van der Waals surface area contributed by atoms with Crippen molar-refractivity contribution in [1.29, 1.82) is 0 Å². The Bertz CT molecular complexity index is 354. The molecule has 0 N–H and O–H groups in total. The lowest BCUT2D eigenvalue weighted by Crippen LogP contribution is -2.04. The molecule has 4 nitrogen and oxygen atoms in total. The van der Waals surface area contributed by atoms with E-state index in [0.717, 1.165) is 44.1 Å². The van der Waals surface area contributed by atoms with Crippen LogP contribution < -0.4 is 0 Å². The molecule has 0 saturated heterocycles. The summed E-state index contributed by atoms with van der Waals surface area (Å²) in [6, 6.07) is 0. The number of esters is 2. The van der Waals surface area contributed by atoms with Crippen molar-refractivity contribution in [3.8, 4) is 0 Å². The van der Waals surface area contributed by atoms with Crippen molar-refractivity contribution >= 4 is 11.9 Å². The number of rotatable bonds is 13. The molecular weight excluding hydrogens is 280 g/mol. The first kappa shape index (κ1) is 20.4. The second kappa shape index (κ2) is 14.4. The molecule has 0 saturated carbocycles. The minimum atomic E-state index is -0.154. The average Bonchev–Trinajstić information content (AvgIpc) is 2.47. The summed E-state index contributed by atoms with van der Waals surface area (Å²) in [5.41, 5.74) is 1.15. The third-order valence-electron chi connectivity index (χ3n) is 3.11. The van der Waals surface area contributed by atoms with Crippen molar-refractivity contribution in [3.63, 3.8) is 0 Å². The van der Waals surface area contributed by atoms with Crippen molar-refractivity contribution in [1.82, 2.24) is 0 Å². The van der Waals surface area contributed by atoms with Crippen LogP contribution in [0, 0.1) is 0 Å². The normalized spacial score (nSPS) is 9.91. The predicted molar refractivity (Wildman–Crippen MR) is 88.5 cm³/mol. The van der Waals surface area contributed by atoms with E-state index in [1.165, 1.54) is 0 Å². The molecule has 0 radical (unpaired) electrons. The summed E-state index contributed by atoms with van der Waals surface area (Å²) in [6.07, 6.45) is 10.4. The molecule has 4 heteroatoms. The summed E-state index contributed by atoms with van der Waals surface area (Å²) in [6.45, 7) is 8.12. The van der Waals surface area contributed by atoms with Crippen LogP contribution in [0.3, 0.4) is 0 Å². The average molecular weight is 310 g/mol. The van der Waals surface area contributed by atoms with Gasteiger partial charge in [-0.05, 0) is 32.8 Å². The summed E-state index contributed by atoms with van der Waals surface area (Å²) in [4.78, 5) is 22.6. The fraction of sp³-hybridized carbons (Fsp3) is 0.667. The number of hydrogen-bond donors (Lipinski definition) is 0. The molecule has 0 unspecified atom stereocenters. The van der Waals surface area contributed by atoms with E-state index in [0.29, 0.717) is 26.1 Å². The van der Waals surface area contributed by atoms with Crippen molar-refractivity contribution in [3.05, 3.63) is 24.3 Å². The zero-order chi connectivity index (χ0) is 16.6. The van der Waals surface area contributed by atoms with Gasteiger partial charge in [0.2, 0.25) is 0 Å². The zero-order valence-corrected chi connectivity index (χ0v) is 14.1. The molecule has 0 aliphatic rings. The SMILES string of the molecule is C=CCOC(=O)CCCCCCCCC(=O)OCC=C(C)C. The summed E-state index contributed by atoms with van der Waals surface area (Å²) in [7, 11) is 0. The Balaban J connectivity index is 3.32. The maximum atomic E-state index is 11.4. The van der Waals surface area contributed by atoms with Crippen molar-refractivity contribution < 1.29 is 19.1 Å². The van der Waals surface area contributed by atoms with E-state index in [1.807, 2.05) is 19.9 Å². The minimum Gasteiger partial charge on any atom is -0.461 e. The Morgan fingerprint density at radius 1 is 0.818 bits per heavy atom. The van der Waals surface area contributed by atoms with E-state index in [4.69, 9.17) is 9.47 Å². The van der Waals surface area contributed by atoms with Crippen LogP contribution in [-0.4, -0.2) is 25.2 Å². The highest BCUT2D eigenvalue weighted by Gasteiger charge is 2.03. The molecule has 0 aromatic heterocycles. The summed E-state index contributed by atoms with van der Waals surface area (Å²) < 4.78 is 9.98. The summed E-state index contributed by atoms with van der Waals surface area (Å²) >= 11 is 0. The maximum absolute atomic E-state index is 11.4. The van der Waals surface area contributed by atoms with Crippen molar-refractivity contribution in [2.75, 3.05) is 13.2 Å². The highest BCUT2D eigenvalue weighted by Crippen LogP contribution is 2.09. The van der Waals surface area contributed by atoms with Gasteiger partial charge in [-0.15, -0.1) is 0 Å². The van der Waals surface area contributed by atoms with Gasteiger partial charge in [0.25, 0.3) is 0 Å². The molecule has 0 heterocycles. The number of ether oxygens (including phenoxy) is 2. The highest BCUT2D eigenvalue weighted by atomic mass is 16.5. The number of hydrogen-bond acceptors (Lipinski definition) is 4. The quantitative estimate of drug-likeness (QED) is 0.288. The molecule has 0 rings (SSSR count). The summed E-state index contributed by atoms with van der Waals surface area (Å²) in [5.74, 6) is -0.276. The van der Waals surface area contributed by atoms with Crippen LogP contribution in [0.1, 0.15) is 65.2 Å². The van der Waals surface area contributed by atoms with E-state index in [2.05, 4.69) is 6.58 Å². The van der Waals surface area contributed by atoms with Crippen LogP contribution in [0.25, 0.3) is 0 Å². The van der Waals surface area contributed by atoms with Gasteiger partial charge in [-0.1, -0.05) is 43.9 Å². The standard InChI is InChI=1S/C18H30O4/c1-4-14-21-17(19)11-9-7-5-6-8-10-12-18(20)22-15-13-16(2)3/h4,13H,1,5-12,14-15H2,2-3H3. The number of unbranched alkanes of at least 4 members (excludes halogenated alkanes) is 5. The van der Waals surface area contributed by atoms with Gasteiger partial charge in [-0.25, -0.2) is 0 Å². The van der Waals surface area contributed by atoms with Crippen LogP contribution in [0.15, 0.2) is 24.3 Å². The van der Waals surface area contributed by atoms with Crippen molar-refractivity contribution in [2.45, 2.75) is 65.2 Å². The molecule has 126 valence electrons. The van der Waals surface area contributed by atoms with Crippen LogP contribution >= 0.6 is 0 Å². The van der Waals surface area contributed by atoms with E-state index in [-0.39, 0.29) is 11.9 Å². The molecule has 0 fully saturated rings. The molecule has 0 bridgehead atoms. The number of allylic oxidation sites excluding steroid dienone is 1. The van der Waals surface area contributed by atoms with Gasteiger partial charge in [0.15, 0.2) is 0 Å². The first-order valence-corrected chi connectivity index (χ1v) is 8.11. The minimum absolute atomic E-state index is 0.123. The zero-order valence-electron chi connectivity index (χ0n) is 14.1. The van der Waals surface area contributed by atoms with Crippen LogP contribution in [0.2, 0.25) is 0 Å². The van der Waals surface area contributed by atoms with E-state index >= 15 is 0 Å². The van der Waals surface area contributed by atoms with Gasteiger partial charge in [-0.2, -0.15) is 0 Å². The van der Waals surface area contributed by atoms with Gasteiger partial charge < -0.3 is 9.47 Å². The van der Waals surface area contributed by atoms with E-state index < -0.39 is 0 Å². The largest absolute Gasteiger partial charge is 0.461 e. The van der Waals surface area contributed by atoms with Crippen LogP contribution in [-0.2, 0) is 19.1 Å². The molecule has 0 amide bonds. The lowest BCUT2D eigenvalue weighted by Gasteiger charge is -2.04. The third kappa shape index (κ3) is 14.8. The Labute approximate surface area is 134 Å². The maximum Gasteiger partial charge on any atom is 0.306 e. The second-order valence-corrected chi connectivity index (χ2v) is 5.56. The molecule has 0 aliphatic heterocycles. The van der Waals surface area contributed by atoms with E-state index in [1.54, 1.807) is 6.08 Å². The van der Waals surface area contributed by atoms with Crippen LogP contribution in [0.5, 0.6) is 0 Å². The Kier molecular flexibility index (Phi) is 13.3. The second-order valence-electron chi connectivity index (χ2n) is 5.56. The first-order chi connectivity index (χ1) is 10.6. The predicted octanol–water partition coefficient (Wildman–Crippen LogP) is 4.35. The number of carbonyl (C=O) groups is 2. The van der Waals surface area contributed by atoms with Gasteiger partial charge >= 0.3 is 11.9 Å². The fourth-order valence-electron chi connectivity index (χ4n) is 1.84. The molecule has 22 heavy (non-hydrogen) atoms. The molecule has 0 atom stereocenters. The smallest absolute Gasteiger partial charge is 0.306 e. The topological polar surface area (TPSA) is 52.6 Å². The molecule has 0 aromatic carbocycles. The highest BCUT2D eigenvalue weighted by molar-refractivity contribution is 5.69. The Hall–Kier alpha value is -1.58. The molecule has 0 spiro atoms. The van der Waals surface area contributed by atoms with Gasteiger partial charge in [0.1, 0.15) is 13.2 Å². The van der Waals surface area contributed by atoms with Gasteiger partial charge in [-0.3, -0.25) is 9.59 Å². The lowest BCUT2D eigenvalue weighted by molar-refractivity contribution is -0.143. The summed E-state index contributed by atoms with van der Waals surface area (Å²) in [5, 5.41) is 0. The lowest BCUT2D eigenvalue weighted by atomic mass is 10.1. The van der Waals surface area contributed by atoms with Crippen molar-refractivity contribution in [2.24, 2.45) is 0 Å². The number of carbonyl (C=O) groups excluding carboxylic acids is 2. The van der Waals surface area contributed by atoms with Gasteiger partial charge in [0.05, 0.1) is 0 Å². The third-order valence-corrected chi connectivity index (χ3v) is 3.11. The Morgan fingerprint density at radius 3 is 1.73 bits per heavy atom. The fourth-order valence-corrected chi connectivity index (χ4v) is 1.84. The van der Waals surface area contributed by atoms with E-state index in [9.17, 15) is 9.59 Å². The van der Waals surface area contributed by atoms with Crippen LogP contribution in [0.4, 0.5) is 0 Å². The molecule has 0 aliphatic carbocycles. The Morgan fingerprint density at radius 2 is 1.27 bits per heavy atom. The molecule has 0 aromatic rings. The molecular formula is C18H30O4. The monoisotopic (exact) mass is 310 g/mol.